The third kappa shape index (κ3) is 3.64. The van der Waals surface area contributed by atoms with Gasteiger partial charge in [-0.25, -0.2) is 4.98 Å². The smallest absolute Gasteiger partial charge is 0.123 e. The van der Waals surface area contributed by atoms with E-state index in [2.05, 4.69) is 17.6 Å². The van der Waals surface area contributed by atoms with E-state index in [9.17, 15) is 0 Å². The van der Waals surface area contributed by atoms with E-state index in [1.54, 1.807) is 17.8 Å². The number of ether oxygens (including phenoxy) is 1. The first-order chi connectivity index (χ1) is 8.90. The van der Waals surface area contributed by atoms with Gasteiger partial charge < -0.3 is 4.74 Å². The van der Waals surface area contributed by atoms with Gasteiger partial charge in [-0.15, -0.1) is 11.8 Å². The lowest BCUT2D eigenvalue weighted by atomic mass is 10.2. The lowest BCUT2D eigenvalue weighted by Gasteiger charge is -2.09. The maximum absolute atomic E-state index is 5.62. The molecule has 1 aromatic heterocycles. The molecule has 2 aromatic rings. The van der Waals surface area contributed by atoms with Crippen molar-refractivity contribution in [2.24, 2.45) is 0 Å². The summed E-state index contributed by atoms with van der Waals surface area (Å²) >= 11 is 1.70. The van der Waals surface area contributed by atoms with Crippen LogP contribution in [0.25, 0.3) is 0 Å². The number of nitrogens with zero attached hydrogens (tertiary/aromatic N) is 1. The summed E-state index contributed by atoms with van der Waals surface area (Å²) in [6, 6.07) is 14.0. The summed E-state index contributed by atoms with van der Waals surface area (Å²) in [4.78, 5) is 4.29. The highest BCUT2D eigenvalue weighted by Gasteiger charge is 2.03. The van der Waals surface area contributed by atoms with Crippen molar-refractivity contribution in [3.8, 4) is 5.75 Å². The van der Waals surface area contributed by atoms with Crippen LogP contribution in [0.2, 0.25) is 0 Å². The number of pyridine rings is 1. The van der Waals surface area contributed by atoms with E-state index >= 15 is 0 Å². The molecule has 2 nitrogen and oxygen atoms in total. The van der Waals surface area contributed by atoms with Crippen molar-refractivity contribution in [2.75, 3.05) is 6.61 Å². The van der Waals surface area contributed by atoms with E-state index in [0.717, 1.165) is 16.5 Å². The van der Waals surface area contributed by atoms with Crippen LogP contribution >= 0.6 is 11.8 Å². The minimum atomic E-state index is 0.533. The Balaban J connectivity index is 2.02. The van der Waals surface area contributed by atoms with Gasteiger partial charge in [0.05, 0.1) is 5.03 Å². The standard InChI is InChI=1S/C15H15NOS/c1-2-11-17-14-8-4-3-7-13(14)12-18-15-9-5-6-10-16-15/h2-10H,1,11-12H2. The fourth-order valence-electron chi connectivity index (χ4n) is 1.50. The summed E-state index contributed by atoms with van der Waals surface area (Å²) in [6.45, 7) is 4.19. The predicted octanol–water partition coefficient (Wildman–Crippen LogP) is 3.94. The zero-order valence-corrected chi connectivity index (χ0v) is 10.9. The minimum Gasteiger partial charge on any atom is -0.489 e. The molecule has 0 N–H and O–H groups in total. The van der Waals surface area contributed by atoms with Gasteiger partial charge in [-0.3, -0.25) is 0 Å². The molecule has 0 saturated carbocycles. The maximum Gasteiger partial charge on any atom is 0.123 e. The molecule has 18 heavy (non-hydrogen) atoms. The summed E-state index contributed by atoms with van der Waals surface area (Å²) in [7, 11) is 0. The Morgan fingerprint density at radius 1 is 1.17 bits per heavy atom. The summed E-state index contributed by atoms with van der Waals surface area (Å²) < 4.78 is 5.62. The molecular weight excluding hydrogens is 242 g/mol. The highest BCUT2D eigenvalue weighted by atomic mass is 32.2. The summed E-state index contributed by atoms with van der Waals surface area (Å²) in [5.74, 6) is 1.77. The van der Waals surface area contributed by atoms with Gasteiger partial charge in [0.2, 0.25) is 0 Å². The van der Waals surface area contributed by atoms with Crippen molar-refractivity contribution in [3.05, 3.63) is 66.9 Å². The first-order valence-corrected chi connectivity index (χ1v) is 6.74. The Hall–Kier alpha value is -1.74. The Bertz CT molecular complexity index is 499. The van der Waals surface area contributed by atoms with Crippen LogP contribution in [0.4, 0.5) is 0 Å². The summed E-state index contributed by atoms with van der Waals surface area (Å²) in [5.41, 5.74) is 1.18. The van der Waals surface area contributed by atoms with Gasteiger partial charge in [0.1, 0.15) is 12.4 Å². The second-order valence-corrected chi connectivity index (χ2v) is 4.66. The largest absolute Gasteiger partial charge is 0.489 e. The van der Waals surface area contributed by atoms with Crippen LogP contribution in [0.3, 0.4) is 0 Å². The van der Waals surface area contributed by atoms with Crippen molar-refractivity contribution < 1.29 is 4.74 Å². The first kappa shape index (κ1) is 12.7. The molecule has 0 unspecified atom stereocenters. The van der Waals surface area contributed by atoms with Crippen molar-refractivity contribution in [1.29, 1.82) is 0 Å². The molecule has 1 heterocycles. The van der Waals surface area contributed by atoms with E-state index in [0.29, 0.717) is 6.61 Å². The van der Waals surface area contributed by atoms with Crippen molar-refractivity contribution in [3.63, 3.8) is 0 Å². The van der Waals surface area contributed by atoms with Crippen LogP contribution < -0.4 is 4.74 Å². The number of thioether (sulfide) groups is 1. The number of hydrogen-bond donors (Lipinski definition) is 0. The van der Waals surface area contributed by atoms with Gasteiger partial charge in [0.25, 0.3) is 0 Å². The second kappa shape index (κ2) is 6.87. The van der Waals surface area contributed by atoms with E-state index in [1.165, 1.54) is 5.56 Å². The molecule has 92 valence electrons. The van der Waals surface area contributed by atoms with E-state index in [-0.39, 0.29) is 0 Å². The molecule has 0 aliphatic heterocycles. The Labute approximate surface area is 112 Å². The Morgan fingerprint density at radius 2 is 2.00 bits per heavy atom. The normalized spacial score (nSPS) is 10.0. The first-order valence-electron chi connectivity index (χ1n) is 5.75. The molecule has 0 spiro atoms. The van der Waals surface area contributed by atoms with Crippen LogP contribution in [0, 0.1) is 0 Å². The molecule has 3 heteroatoms. The molecule has 0 saturated heterocycles. The molecule has 1 aromatic carbocycles. The number of benzene rings is 1. The molecule has 0 aliphatic rings. The van der Waals surface area contributed by atoms with Crippen molar-refractivity contribution in [2.45, 2.75) is 10.8 Å². The Kier molecular flexibility index (Phi) is 4.85. The van der Waals surface area contributed by atoms with Gasteiger partial charge in [-0.2, -0.15) is 0 Å². The molecular formula is C15H15NOS. The molecule has 0 radical (unpaired) electrons. The average Bonchev–Trinajstić information content (AvgIpc) is 2.45. The lowest BCUT2D eigenvalue weighted by Crippen LogP contribution is -1.96. The van der Waals surface area contributed by atoms with Gasteiger partial charge in [-0.1, -0.05) is 36.9 Å². The third-order valence-electron chi connectivity index (χ3n) is 2.34. The zero-order chi connectivity index (χ0) is 12.6. The van der Waals surface area contributed by atoms with Crippen LogP contribution in [0.1, 0.15) is 5.56 Å². The SMILES string of the molecule is C=CCOc1ccccc1CSc1ccccn1. The fraction of sp³-hybridized carbons (Fsp3) is 0.133. The summed E-state index contributed by atoms with van der Waals surface area (Å²) in [6.07, 6.45) is 3.56. The maximum atomic E-state index is 5.62. The minimum absolute atomic E-state index is 0.533. The fourth-order valence-corrected chi connectivity index (χ4v) is 2.35. The number of aromatic nitrogens is 1. The van der Waals surface area contributed by atoms with Crippen LogP contribution in [-0.2, 0) is 5.75 Å². The molecule has 0 bridgehead atoms. The number of rotatable bonds is 6. The molecule has 0 fully saturated rings. The van der Waals surface area contributed by atoms with Gasteiger partial charge >= 0.3 is 0 Å². The zero-order valence-electron chi connectivity index (χ0n) is 10.1. The van der Waals surface area contributed by atoms with Gasteiger partial charge in [-0.05, 0) is 18.2 Å². The van der Waals surface area contributed by atoms with Crippen molar-refractivity contribution >= 4 is 11.8 Å². The monoisotopic (exact) mass is 257 g/mol. The molecule has 0 aliphatic carbocycles. The van der Waals surface area contributed by atoms with Crippen molar-refractivity contribution in [1.82, 2.24) is 4.98 Å². The van der Waals surface area contributed by atoms with Gasteiger partial charge in [0.15, 0.2) is 0 Å². The van der Waals surface area contributed by atoms with Crippen LogP contribution in [0.5, 0.6) is 5.75 Å². The lowest BCUT2D eigenvalue weighted by molar-refractivity contribution is 0.360. The van der Waals surface area contributed by atoms with E-state index in [4.69, 9.17) is 4.74 Å². The van der Waals surface area contributed by atoms with E-state index in [1.807, 2.05) is 42.6 Å². The predicted molar refractivity (Wildman–Crippen MR) is 75.9 cm³/mol. The van der Waals surface area contributed by atoms with Crippen LogP contribution in [0.15, 0.2) is 66.3 Å². The highest BCUT2D eigenvalue weighted by Crippen LogP contribution is 2.26. The number of hydrogen-bond acceptors (Lipinski definition) is 3. The molecule has 0 atom stereocenters. The highest BCUT2D eigenvalue weighted by molar-refractivity contribution is 7.98. The third-order valence-corrected chi connectivity index (χ3v) is 3.34. The topological polar surface area (TPSA) is 22.1 Å². The average molecular weight is 257 g/mol. The van der Waals surface area contributed by atoms with E-state index < -0.39 is 0 Å². The molecule has 2 rings (SSSR count). The molecule has 0 amide bonds. The second-order valence-electron chi connectivity index (χ2n) is 3.66. The Morgan fingerprint density at radius 3 is 2.78 bits per heavy atom. The quantitative estimate of drug-likeness (QED) is 0.578. The number of para-hydroxylation sites is 1. The van der Waals surface area contributed by atoms with Crippen LogP contribution in [-0.4, -0.2) is 11.6 Å². The van der Waals surface area contributed by atoms with Gasteiger partial charge in [0, 0.05) is 17.5 Å². The summed E-state index contributed by atoms with van der Waals surface area (Å²) in [5, 5.41) is 1.02.